The maximum atomic E-state index is 8.25. The number of amidine groups is 1. The van der Waals surface area contributed by atoms with Gasteiger partial charge in [-0.2, -0.15) is 0 Å². The van der Waals surface area contributed by atoms with Crippen molar-refractivity contribution in [3.05, 3.63) is 35.9 Å². The molecule has 0 saturated carbocycles. The van der Waals surface area contributed by atoms with Gasteiger partial charge in [-0.25, -0.2) is 0 Å². The summed E-state index contributed by atoms with van der Waals surface area (Å²) >= 11 is 0. The van der Waals surface area contributed by atoms with Crippen molar-refractivity contribution in [2.24, 2.45) is 10.9 Å². The van der Waals surface area contributed by atoms with Crippen molar-refractivity contribution in [2.45, 2.75) is 0 Å². The van der Waals surface area contributed by atoms with Gasteiger partial charge in [-0.1, -0.05) is 35.5 Å². The summed E-state index contributed by atoms with van der Waals surface area (Å²) < 4.78 is 0. The second kappa shape index (κ2) is 14.8. The summed E-state index contributed by atoms with van der Waals surface area (Å²) in [5.74, 6) is 0.139. The molecule has 0 aromatic heterocycles. The first-order valence-corrected chi connectivity index (χ1v) is 2.87. The van der Waals surface area contributed by atoms with Gasteiger partial charge >= 0.3 is 0 Å². The van der Waals surface area contributed by atoms with Crippen LogP contribution in [0.2, 0.25) is 0 Å². The zero-order valence-electron chi connectivity index (χ0n) is 7.86. The van der Waals surface area contributed by atoms with Crippen molar-refractivity contribution in [3.63, 3.8) is 0 Å². The average molecular weight is 226 g/mol. The third-order valence-corrected chi connectivity index (χ3v) is 1.18. The molecule has 1 rings (SSSR count). The van der Waals surface area contributed by atoms with E-state index in [9.17, 15) is 0 Å². The minimum Gasteiger partial charge on any atom is -0.412 e. The van der Waals surface area contributed by atoms with Crippen LogP contribution in [0.15, 0.2) is 35.5 Å². The van der Waals surface area contributed by atoms with Crippen molar-refractivity contribution in [1.82, 2.24) is 0 Å². The van der Waals surface area contributed by atoms with Gasteiger partial charge in [0.25, 0.3) is 0 Å². The maximum Gasteiger partial charge on any atom is 0.170 e. The average Bonchev–Trinajstić information content (AvgIpc) is 2.05. The Hall–Kier alpha value is -1.71. The second-order valence-electron chi connectivity index (χ2n) is 1.85. The van der Waals surface area contributed by atoms with Crippen LogP contribution in [0.4, 0.5) is 0 Å². The molecule has 0 spiro atoms. The number of nitrogens with zero attached hydrogens (tertiary/aromatic N) is 1. The number of nitrogens with two attached hydrogens (primary N) is 1. The van der Waals surface area contributed by atoms with Crippen LogP contribution in [0, 0.1) is 0 Å². The van der Waals surface area contributed by atoms with Crippen LogP contribution in [0.5, 0.6) is 0 Å². The van der Waals surface area contributed by atoms with E-state index in [0.29, 0.717) is 0 Å². The molecule has 0 unspecified atom stereocenters. The molecule has 13 N–H and O–H groups in total. The number of hydrogen-bond acceptors (Lipinski definition) is 2. The van der Waals surface area contributed by atoms with Crippen molar-refractivity contribution < 1.29 is 32.6 Å². The monoisotopic (exact) mass is 226 g/mol. The van der Waals surface area contributed by atoms with Crippen LogP contribution in [0.25, 0.3) is 0 Å². The van der Waals surface area contributed by atoms with Gasteiger partial charge in [-0.3, -0.25) is 0 Å². The maximum absolute atomic E-state index is 8.25. The molecular weight excluding hydrogens is 208 g/mol. The van der Waals surface area contributed by atoms with Gasteiger partial charge in [-0.15, -0.1) is 0 Å². The molecule has 0 bridgehead atoms. The van der Waals surface area contributed by atoms with Crippen molar-refractivity contribution in [3.8, 4) is 0 Å². The lowest BCUT2D eigenvalue weighted by Gasteiger charge is -1.94. The van der Waals surface area contributed by atoms with E-state index in [1.807, 2.05) is 18.2 Å². The minimum atomic E-state index is 0. The molecule has 0 fully saturated rings. The van der Waals surface area contributed by atoms with E-state index in [0.717, 1.165) is 5.56 Å². The summed E-state index contributed by atoms with van der Waals surface area (Å²) in [7, 11) is 0. The third kappa shape index (κ3) is 8.62. The predicted octanol–water partition coefficient (Wildman–Crippen LogP) is -3.34. The van der Waals surface area contributed by atoms with Gasteiger partial charge in [0, 0.05) is 5.56 Å². The van der Waals surface area contributed by atoms with E-state index in [4.69, 9.17) is 10.9 Å². The van der Waals surface area contributed by atoms with E-state index < -0.39 is 0 Å². The second-order valence-corrected chi connectivity index (χ2v) is 1.85. The molecule has 0 saturated heterocycles. The van der Waals surface area contributed by atoms with Crippen LogP contribution in [0.1, 0.15) is 5.56 Å². The lowest BCUT2D eigenvalue weighted by molar-refractivity contribution is 0.318. The fraction of sp³-hybridized carbons (Fsp3) is 0. The fourth-order valence-corrected chi connectivity index (χ4v) is 0.667. The minimum absolute atomic E-state index is 0. The van der Waals surface area contributed by atoms with Crippen LogP contribution in [-0.4, -0.2) is 38.4 Å². The Morgan fingerprint density at radius 3 is 1.67 bits per heavy atom. The summed E-state index contributed by atoms with van der Waals surface area (Å²) in [5.41, 5.74) is 6.02. The van der Waals surface area contributed by atoms with Crippen LogP contribution < -0.4 is 5.73 Å². The lowest BCUT2D eigenvalue weighted by atomic mass is 10.2. The predicted molar refractivity (Wildman–Crippen MR) is 57.0 cm³/mol. The highest BCUT2D eigenvalue weighted by Crippen LogP contribution is 1.96. The molecule has 0 aliphatic heterocycles. The first-order valence-electron chi connectivity index (χ1n) is 2.87. The summed E-state index contributed by atoms with van der Waals surface area (Å²) in [6.45, 7) is 0. The van der Waals surface area contributed by atoms with Crippen molar-refractivity contribution in [1.29, 1.82) is 0 Å². The Balaban J connectivity index is -0.0000000667. The Morgan fingerprint density at radius 2 is 1.33 bits per heavy atom. The highest BCUT2D eigenvalue weighted by atomic mass is 16.4. The van der Waals surface area contributed by atoms with Crippen LogP contribution >= 0.6 is 0 Å². The van der Waals surface area contributed by atoms with Gasteiger partial charge in [0.2, 0.25) is 0 Å². The first-order chi connectivity index (χ1) is 4.84. The Bertz CT molecular complexity index is 240. The van der Waals surface area contributed by atoms with E-state index >= 15 is 0 Å². The van der Waals surface area contributed by atoms with Gasteiger partial charge in [0.05, 0.1) is 0 Å². The third-order valence-electron chi connectivity index (χ3n) is 1.18. The van der Waals surface area contributed by atoms with Crippen molar-refractivity contribution in [2.75, 3.05) is 0 Å². The van der Waals surface area contributed by atoms with E-state index in [1.54, 1.807) is 12.1 Å². The van der Waals surface area contributed by atoms with Gasteiger partial charge in [0.15, 0.2) is 5.84 Å². The normalized spacial score (nSPS) is 7.60. The Labute approximate surface area is 86.2 Å². The summed E-state index contributed by atoms with van der Waals surface area (Å²) in [6, 6.07) is 9.07. The molecular formula is C7H18N2O6. The Morgan fingerprint density at radius 1 is 0.933 bits per heavy atom. The van der Waals surface area contributed by atoms with Crippen LogP contribution in [0.3, 0.4) is 0 Å². The molecule has 0 amide bonds. The number of benzene rings is 1. The highest BCUT2D eigenvalue weighted by Gasteiger charge is 1.93. The fourth-order valence-electron chi connectivity index (χ4n) is 0.667. The zero-order chi connectivity index (χ0) is 7.40. The largest absolute Gasteiger partial charge is 0.412 e. The molecule has 0 radical (unpaired) electrons. The van der Waals surface area contributed by atoms with E-state index in [1.165, 1.54) is 0 Å². The van der Waals surface area contributed by atoms with Gasteiger partial charge < -0.3 is 38.3 Å². The van der Waals surface area contributed by atoms with Crippen molar-refractivity contribution >= 4 is 5.84 Å². The first kappa shape index (κ1) is 29.2. The van der Waals surface area contributed by atoms with Gasteiger partial charge in [-0.05, 0) is 0 Å². The summed E-state index contributed by atoms with van der Waals surface area (Å²) in [6.07, 6.45) is 0. The quantitative estimate of drug-likeness (QED) is 0.217. The standard InChI is InChI=1S/C7H8N2O.5H2O/c8-7(9-10)6-4-2-1-3-5-6;;;;;/h1-5,10H,(H2,8,9);5*1H2. The molecule has 0 aliphatic rings. The highest BCUT2D eigenvalue weighted by molar-refractivity contribution is 5.96. The van der Waals surface area contributed by atoms with E-state index in [-0.39, 0.29) is 33.2 Å². The lowest BCUT2D eigenvalue weighted by Crippen LogP contribution is -2.12. The molecule has 0 aliphatic carbocycles. The molecule has 1 aromatic rings. The molecule has 92 valence electrons. The van der Waals surface area contributed by atoms with E-state index in [2.05, 4.69) is 5.16 Å². The molecule has 1 aromatic carbocycles. The molecule has 8 nitrogen and oxygen atoms in total. The zero-order valence-corrected chi connectivity index (χ0v) is 7.86. The molecule has 15 heavy (non-hydrogen) atoms. The van der Waals surface area contributed by atoms with Gasteiger partial charge in [0.1, 0.15) is 0 Å². The smallest absolute Gasteiger partial charge is 0.170 e. The Kier molecular flexibility index (Phi) is 28.8. The molecule has 8 heteroatoms. The SMILES string of the molecule is NC(=NO)c1ccccc1.O.O.O.O.O. The number of rotatable bonds is 1. The molecule has 0 atom stereocenters. The van der Waals surface area contributed by atoms with Crippen LogP contribution in [-0.2, 0) is 0 Å². The molecule has 0 heterocycles. The number of oxime groups is 1. The topological polar surface area (TPSA) is 216 Å². The number of hydrogen-bond donors (Lipinski definition) is 2. The summed E-state index contributed by atoms with van der Waals surface area (Å²) in [5, 5.41) is 11.1. The summed E-state index contributed by atoms with van der Waals surface area (Å²) in [4.78, 5) is 0.